The quantitative estimate of drug-likeness (QED) is 0.543. The van der Waals surface area contributed by atoms with E-state index in [4.69, 9.17) is 4.74 Å². The number of para-hydroxylation sites is 1. The summed E-state index contributed by atoms with van der Waals surface area (Å²) in [5.74, 6) is 1.31. The molecule has 0 bridgehead atoms. The summed E-state index contributed by atoms with van der Waals surface area (Å²) in [5.41, 5.74) is 1.13. The van der Waals surface area contributed by atoms with Crippen LogP contribution in [0.3, 0.4) is 0 Å². The average Bonchev–Trinajstić information content (AvgIpc) is 3.35. The maximum atomic E-state index is 12.3. The molecular formula is C19H18N6O2. The molecular weight excluding hydrogens is 344 g/mol. The van der Waals surface area contributed by atoms with Crippen LogP contribution in [0.4, 0.5) is 0 Å². The number of carbonyl (C=O) groups excluding carboxylic acids is 1. The summed E-state index contributed by atoms with van der Waals surface area (Å²) in [5, 5.41) is 15.3. The predicted octanol–water partition coefficient (Wildman–Crippen LogP) is 1.93. The van der Waals surface area contributed by atoms with Crippen LogP contribution in [0.1, 0.15) is 16.3 Å². The van der Waals surface area contributed by atoms with Crippen molar-refractivity contribution in [2.45, 2.75) is 13.2 Å². The van der Waals surface area contributed by atoms with Gasteiger partial charge in [-0.2, -0.15) is 5.10 Å². The molecule has 0 saturated heterocycles. The number of carbonyl (C=O) groups is 1. The van der Waals surface area contributed by atoms with E-state index in [-0.39, 0.29) is 12.6 Å². The number of ether oxygens (including phenoxy) is 1. The van der Waals surface area contributed by atoms with Crippen molar-refractivity contribution in [3.63, 3.8) is 0 Å². The Kier molecular flexibility index (Phi) is 4.78. The minimum Gasteiger partial charge on any atom is -0.471 e. The second-order valence-corrected chi connectivity index (χ2v) is 5.88. The van der Waals surface area contributed by atoms with E-state index in [2.05, 4.69) is 20.6 Å². The second kappa shape index (κ2) is 7.69. The van der Waals surface area contributed by atoms with Crippen molar-refractivity contribution in [1.82, 2.24) is 29.7 Å². The summed E-state index contributed by atoms with van der Waals surface area (Å²) in [6.45, 7) is 0.685. The Morgan fingerprint density at radius 3 is 2.74 bits per heavy atom. The van der Waals surface area contributed by atoms with Gasteiger partial charge in [0.1, 0.15) is 17.3 Å². The molecule has 27 heavy (non-hydrogen) atoms. The Balaban J connectivity index is 1.29. The fraction of sp³-hybridized carbons (Fsp3) is 0.158. The summed E-state index contributed by atoms with van der Waals surface area (Å²) in [4.78, 5) is 12.3. The zero-order chi connectivity index (χ0) is 18.5. The van der Waals surface area contributed by atoms with Crippen molar-refractivity contribution in [2.24, 2.45) is 0 Å². The largest absolute Gasteiger partial charge is 0.471 e. The van der Waals surface area contributed by atoms with Gasteiger partial charge in [-0.05, 0) is 30.3 Å². The molecule has 0 atom stereocenters. The lowest BCUT2D eigenvalue weighted by Crippen LogP contribution is -2.26. The molecule has 0 unspecified atom stereocenters. The first kappa shape index (κ1) is 16.8. The van der Waals surface area contributed by atoms with Crippen LogP contribution in [0.2, 0.25) is 0 Å². The van der Waals surface area contributed by atoms with E-state index in [0.29, 0.717) is 18.7 Å². The van der Waals surface area contributed by atoms with Crippen LogP contribution in [0, 0.1) is 0 Å². The summed E-state index contributed by atoms with van der Waals surface area (Å²) in [6, 6.07) is 16.8. The van der Waals surface area contributed by atoms with Crippen LogP contribution in [0.25, 0.3) is 5.65 Å². The molecule has 0 spiro atoms. The van der Waals surface area contributed by atoms with Gasteiger partial charge in [-0.3, -0.25) is 9.20 Å². The van der Waals surface area contributed by atoms with E-state index in [1.165, 1.54) is 0 Å². The molecule has 136 valence electrons. The molecule has 0 saturated carbocycles. The van der Waals surface area contributed by atoms with Crippen LogP contribution in [0.5, 0.6) is 5.75 Å². The number of amides is 1. The smallest absolute Gasteiger partial charge is 0.271 e. The summed E-state index contributed by atoms with van der Waals surface area (Å²) < 4.78 is 9.09. The number of hydrogen-bond acceptors (Lipinski definition) is 5. The first-order chi connectivity index (χ1) is 13.3. The standard InChI is InChI=1S/C19H18N6O2/c26-19(20-11-9-18-22-21-17-8-4-5-12-25(17)18)16-10-13-24(23-16)14-27-15-6-2-1-3-7-15/h1-8,10,12-13H,9,11,14H2,(H,20,26). The van der Waals surface area contributed by atoms with Crippen molar-refractivity contribution in [3.05, 3.63) is 78.5 Å². The van der Waals surface area contributed by atoms with Crippen molar-refractivity contribution in [1.29, 1.82) is 0 Å². The van der Waals surface area contributed by atoms with Gasteiger partial charge in [0.05, 0.1) is 0 Å². The lowest BCUT2D eigenvalue weighted by molar-refractivity contribution is 0.0947. The van der Waals surface area contributed by atoms with Crippen LogP contribution >= 0.6 is 0 Å². The topological polar surface area (TPSA) is 86.3 Å². The molecule has 1 N–H and O–H groups in total. The molecule has 8 heteroatoms. The zero-order valence-electron chi connectivity index (χ0n) is 14.5. The number of aromatic nitrogens is 5. The minimum atomic E-state index is -0.234. The SMILES string of the molecule is O=C(NCCc1nnc2ccccn12)c1ccn(COc2ccccc2)n1. The van der Waals surface area contributed by atoms with Crippen molar-refractivity contribution in [3.8, 4) is 5.75 Å². The summed E-state index contributed by atoms with van der Waals surface area (Å²) >= 11 is 0. The Morgan fingerprint density at radius 2 is 1.85 bits per heavy atom. The zero-order valence-corrected chi connectivity index (χ0v) is 14.5. The first-order valence-corrected chi connectivity index (χ1v) is 8.58. The average molecular weight is 362 g/mol. The monoisotopic (exact) mass is 362 g/mol. The Morgan fingerprint density at radius 1 is 1.00 bits per heavy atom. The number of rotatable bonds is 7. The number of fused-ring (bicyclic) bond motifs is 1. The molecule has 0 fully saturated rings. The van der Waals surface area contributed by atoms with Crippen molar-refractivity contribution < 1.29 is 9.53 Å². The van der Waals surface area contributed by atoms with Crippen LogP contribution in [-0.4, -0.2) is 36.8 Å². The van der Waals surface area contributed by atoms with Gasteiger partial charge < -0.3 is 10.1 Å². The normalized spacial score (nSPS) is 10.8. The molecule has 0 aliphatic carbocycles. The highest BCUT2D eigenvalue weighted by Crippen LogP contribution is 2.09. The van der Waals surface area contributed by atoms with Crippen LogP contribution < -0.4 is 10.1 Å². The highest BCUT2D eigenvalue weighted by atomic mass is 16.5. The van der Waals surface area contributed by atoms with Gasteiger partial charge >= 0.3 is 0 Å². The molecule has 3 heterocycles. The van der Waals surface area contributed by atoms with Gasteiger partial charge in [-0.25, -0.2) is 4.68 Å². The number of pyridine rings is 1. The highest BCUT2D eigenvalue weighted by molar-refractivity contribution is 5.92. The fourth-order valence-corrected chi connectivity index (χ4v) is 2.65. The maximum absolute atomic E-state index is 12.3. The Bertz CT molecular complexity index is 1040. The van der Waals surface area contributed by atoms with Crippen LogP contribution in [-0.2, 0) is 13.2 Å². The molecule has 0 aliphatic rings. The third kappa shape index (κ3) is 3.95. The predicted molar refractivity (Wildman–Crippen MR) is 98.3 cm³/mol. The van der Waals surface area contributed by atoms with E-state index in [0.717, 1.165) is 17.2 Å². The number of nitrogens with one attached hydrogen (secondary N) is 1. The van der Waals surface area contributed by atoms with E-state index in [9.17, 15) is 4.79 Å². The molecule has 1 amide bonds. The molecule has 8 nitrogen and oxygen atoms in total. The Labute approximate surface area is 155 Å². The fourth-order valence-electron chi connectivity index (χ4n) is 2.65. The van der Waals surface area contributed by atoms with Gasteiger partial charge in [-0.15, -0.1) is 10.2 Å². The third-order valence-corrected chi connectivity index (χ3v) is 4.00. The molecule has 0 aliphatic heterocycles. The lowest BCUT2D eigenvalue weighted by atomic mass is 10.3. The van der Waals surface area contributed by atoms with E-state index >= 15 is 0 Å². The van der Waals surface area contributed by atoms with E-state index in [1.54, 1.807) is 16.9 Å². The highest BCUT2D eigenvalue weighted by Gasteiger charge is 2.10. The van der Waals surface area contributed by atoms with E-state index < -0.39 is 0 Å². The molecule has 4 aromatic rings. The van der Waals surface area contributed by atoms with Crippen LogP contribution in [0.15, 0.2) is 67.0 Å². The van der Waals surface area contributed by atoms with Gasteiger partial charge in [0.2, 0.25) is 0 Å². The van der Waals surface area contributed by atoms with Gasteiger partial charge in [0, 0.05) is 25.4 Å². The van der Waals surface area contributed by atoms with Gasteiger partial charge in [0.15, 0.2) is 12.4 Å². The van der Waals surface area contributed by atoms with Gasteiger partial charge in [-0.1, -0.05) is 24.3 Å². The lowest BCUT2D eigenvalue weighted by Gasteiger charge is -2.05. The van der Waals surface area contributed by atoms with Crippen molar-refractivity contribution >= 4 is 11.6 Å². The molecule has 4 rings (SSSR count). The molecule has 1 aromatic carbocycles. The molecule has 3 aromatic heterocycles. The Hall–Kier alpha value is -3.68. The second-order valence-electron chi connectivity index (χ2n) is 5.88. The maximum Gasteiger partial charge on any atom is 0.271 e. The van der Waals surface area contributed by atoms with Crippen molar-refractivity contribution in [2.75, 3.05) is 6.54 Å². The third-order valence-electron chi connectivity index (χ3n) is 4.00. The molecule has 0 radical (unpaired) electrons. The number of benzene rings is 1. The van der Waals surface area contributed by atoms with E-state index in [1.807, 2.05) is 59.1 Å². The number of hydrogen-bond donors (Lipinski definition) is 1. The first-order valence-electron chi connectivity index (χ1n) is 8.58. The minimum absolute atomic E-state index is 0.234. The summed E-state index contributed by atoms with van der Waals surface area (Å²) in [7, 11) is 0. The number of nitrogens with zero attached hydrogens (tertiary/aromatic N) is 5. The summed E-state index contributed by atoms with van der Waals surface area (Å²) in [6.07, 6.45) is 4.19. The van der Waals surface area contributed by atoms with Gasteiger partial charge in [0.25, 0.3) is 5.91 Å².